The number of carbonyl (C=O) groups is 1. The molecule has 2 rings (SSSR count). The minimum atomic E-state index is -0.328. The molecule has 5 heteroatoms. The minimum Gasteiger partial charge on any atom is -0.382 e. The summed E-state index contributed by atoms with van der Waals surface area (Å²) in [6.07, 6.45) is 1.77. The molecule has 0 unspecified atom stereocenters. The second-order valence-corrected chi connectivity index (χ2v) is 5.18. The molecule has 1 aromatic carbocycles. The van der Waals surface area contributed by atoms with E-state index in [1.165, 1.54) is 0 Å². The van der Waals surface area contributed by atoms with Crippen LogP contribution in [-0.4, -0.2) is 32.8 Å². The second-order valence-electron chi connectivity index (χ2n) is 5.18. The van der Waals surface area contributed by atoms with Gasteiger partial charge < -0.3 is 20.5 Å². The Bertz CT molecular complexity index is 458. The van der Waals surface area contributed by atoms with Crippen LogP contribution in [0, 0.1) is 5.41 Å². The minimum absolute atomic E-state index is 0.0254. The zero-order valence-corrected chi connectivity index (χ0v) is 11.9. The predicted molar refractivity (Wildman–Crippen MR) is 77.3 cm³/mol. The summed E-state index contributed by atoms with van der Waals surface area (Å²) >= 11 is 0. The van der Waals surface area contributed by atoms with Gasteiger partial charge in [-0.15, -0.1) is 0 Å². The van der Waals surface area contributed by atoms with E-state index < -0.39 is 0 Å². The number of nitrogens with two attached hydrogens (primary N) is 1. The van der Waals surface area contributed by atoms with Crippen LogP contribution in [0.4, 0.5) is 5.69 Å². The summed E-state index contributed by atoms with van der Waals surface area (Å²) in [6.45, 7) is 2.06. The van der Waals surface area contributed by atoms with Gasteiger partial charge in [0.05, 0.1) is 25.2 Å². The van der Waals surface area contributed by atoms with Crippen molar-refractivity contribution in [1.82, 2.24) is 0 Å². The topological polar surface area (TPSA) is 73.6 Å². The Morgan fingerprint density at radius 3 is 2.85 bits per heavy atom. The normalized spacial score (nSPS) is 15.9. The molecule has 0 spiro atoms. The third-order valence-corrected chi connectivity index (χ3v) is 3.61. The smallest absolute Gasteiger partial charge is 0.231 e. The predicted octanol–water partition coefficient (Wildman–Crippen LogP) is 1.53. The molecule has 1 saturated carbocycles. The highest BCUT2D eigenvalue weighted by Crippen LogP contribution is 2.45. The van der Waals surface area contributed by atoms with Gasteiger partial charge in [-0.1, -0.05) is 12.1 Å². The van der Waals surface area contributed by atoms with E-state index in [2.05, 4.69) is 5.32 Å². The van der Waals surface area contributed by atoms with Crippen LogP contribution in [0.2, 0.25) is 0 Å². The summed E-state index contributed by atoms with van der Waals surface area (Å²) in [7, 11) is 1.64. The number of hydrogen-bond acceptors (Lipinski definition) is 4. The molecule has 0 saturated heterocycles. The van der Waals surface area contributed by atoms with Crippen molar-refractivity contribution < 1.29 is 14.3 Å². The van der Waals surface area contributed by atoms with Gasteiger partial charge in [0, 0.05) is 19.3 Å². The van der Waals surface area contributed by atoms with E-state index in [0.717, 1.165) is 24.1 Å². The molecule has 3 N–H and O–H groups in total. The van der Waals surface area contributed by atoms with Crippen LogP contribution in [0.5, 0.6) is 0 Å². The highest BCUT2D eigenvalue weighted by Gasteiger charge is 2.48. The molecule has 1 aliphatic carbocycles. The van der Waals surface area contributed by atoms with Crippen LogP contribution >= 0.6 is 0 Å². The summed E-state index contributed by atoms with van der Waals surface area (Å²) in [4.78, 5) is 12.1. The van der Waals surface area contributed by atoms with E-state index in [4.69, 9.17) is 15.2 Å². The Morgan fingerprint density at radius 1 is 1.40 bits per heavy atom. The van der Waals surface area contributed by atoms with Gasteiger partial charge in [-0.3, -0.25) is 4.79 Å². The van der Waals surface area contributed by atoms with Crippen molar-refractivity contribution in [3.8, 4) is 0 Å². The van der Waals surface area contributed by atoms with Crippen molar-refractivity contribution in [3.63, 3.8) is 0 Å². The second kappa shape index (κ2) is 6.83. The number of ether oxygens (including phenoxy) is 2. The Morgan fingerprint density at radius 2 is 2.20 bits per heavy atom. The van der Waals surface area contributed by atoms with Gasteiger partial charge in [-0.05, 0) is 30.5 Å². The van der Waals surface area contributed by atoms with Crippen LogP contribution in [0.25, 0.3) is 0 Å². The molecule has 0 radical (unpaired) electrons. The van der Waals surface area contributed by atoms with E-state index in [1.54, 1.807) is 7.11 Å². The van der Waals surface area contributed by atoms with Crippen LogP contribution in [0.1, 0.15) is 18.4 Å². The highest BCUT2D eigenvalue weighted by molar-refractivity contribution is 5.97. The lowest BCUT2D eigenvalue weighted by Crippen LogP contribution is -2.30. The van der Waals surface area contributed by atoms with Crippen molar-refractivity contribution in [1.29, 1.82) is 0 Å². The fourth-order valence-electron chi connectivity index (χ4n) is 2.01. The zero-order valence-electron chi connectivity index (χ0n) is 11.9. The van der Waals surface area contributed by atoms with Crippen molar-refractivity contribution in [2.45, 2.75) is 19.4 Å². The Labute approximate surface area is 119 Å². The van der Waals surface area contributed by atoms with E-state index in [-0.39, 0.29) is 11.3 Å². The molecule has 1 amide bonds. The van der Waals surface area contributed by atoms with Gasteiger partial charge in [0.1, 0.15) is 0 Å². The fraction of sp³-hybridized carbons (Fsp3) is 0.533. The fourth-order valence-corrected chi connectivity index (χ4v) is 2.01. The van der Waals surface area contributed by atoms with Gasteiger partial charge in [0.25, 0.3) is 0 Å². The molecule has 0 bridgehead atoms. The van der Waals surface area contributed by atoms with E-state index in [1.807, 2.05) is 24.3 Å². The molecule has 1 aromatic rings. The Hall–Kier alpha value is -1.43. The summed E-state index contributed by atoms with van der Waals surface area (Å²) in [5.74, 6) is 0.0254. The maximum absolute atomic E-state index is 12.1. The molecule has 5 nitrogen and oxygen atoms in total. The maximum Gasteiger partial charge on any atom is 0.231 e. The summed E-state index contributed by atoms with van der Waals surface area (Å²) in [5, 5.41) is 2.94. The Balaban J connectivity index is 1.87. The number of methoxy groups -OCH3 is 1. The highest BCUT2D eigenvalue weighted by atomic mass is 16.5. The molecular weight excluding hydrogens is 256 g/mol. The molecule has 1 fully saturated rings. The van der Waals surface area contributed by atoms with Gasteiger partial charge in [-0.25, -0.2) is 0 Å². The SMILES string of the molecule is COCCOCc1cccc(NC(=O)C2(CN)CC2)c1. The van der Waals surface area contributed by atoms with Crippen LogP contribution in [0.15, 0.2) is 24.3 Å². The largest absolute Gasteiger partial charge is 0.382 e. The van der Waals surface area contributed by atoms with Gasteiger partial charge in [0.2, 0.25) is 5.91 Å². The first-order valence-electron chi connectivity index (χ1n) is 6.87. The Kier molecular flexibility index (Phi) is 5.11. The average Bonchev–Trinajstić information content (AvgIpc) is 3.25. The number of anilines is 1. The number of benzene rings is 1. The number of nitrogens with one attached hydrogen (secondary N) is 1. The third-order valence-electron chi connectivity index (χ3n) is 3.61. The monoisotopic (exact) mass is 278 g/mol. The molecule has 0 aliphatic heterocycles. The van der Waals surface area contributed by atoms with E-state index in [9.17, 15) is 4.79 Å². The van der Waals surface area contributed by atoms with Crippen molar-refractivity contribution >= 4 is 11.6 Å². The zero-order chi connectivity index (χ0) is 14.4. The number of amides is 1. The van der Waals surface area contributed by atoms with Gasteiger partial charge in [-0.2, -0.15) is 0 Å². The maximum atomic E-state index is 12.1. The quantitative estimate of drug-likeness (QED) is 0.707. The van der Waals surface area contributed by atoms with E-state index in [0.29, 0.717) is 26.4 Å². The van der Waals surface area contributed by atoms with Crippen LogP contribution in [0.3, 0.4) is 0 Å². The summed E-state index contributed by atoms with van der Waals surface area (Å²) in [5.41, 5.74) is 7.14. The average molecular weight is 278 g/mol. The van der Waals surface area contributed by atoms with Crippen LogP contribution < -0.4 is 11.1 Å². The van der Waals surface area contributed by atoms with Crippen molar-refractivity contribution in [2.24, 2.45) is 11.1 Å². The molecule has 110 valence electrons. The molecule has 0 aromatic heterocycles. The van der Waals surface area contributed by atoms with Crippen LogP contribution in [-0.2, 0) is 20.9 Å². The molecular formula is C15H22N2O3. The standard InChI is InChI=1S/C15H22N2O3/c1-19-7-8-20-10-12-3-2-4-13(9-12)17-14(18)15(11-16)5-6-15/h2-4,9H,5-8,10-11,16H2,1H3,(H,17,18). The first-order chi connectivity index (χ1) is 9.70. The number of hydrogen-bond donors (Lipinski definition) is 2. The van der Waals surface area contributed by atoms with Gasteiger partial charge in [0.15, 0.2) is 0 Å². The molecule has 0 heterocycles. The summed E-state index contributed by atoms with van der Waals surface area (Å²) < 4.78 is 10.4. The van der Waals surface area contributed by atoms with E-state index >= 15 is 0 Å². The lowest BCUT2D eigenvalue weighted by molar-refractivity contribution is -0.120. The first kappa shape index (κ1) is 15.0. The molecule has 1 aliphatic rings. The van der Waals surface area contributed by atoms with Crippen molar-refractivity contribution in [3.05, 3.63) is 29.8 Å². The lowest BCUT2D eigenvalue weighted by Gasteiger charge is -2.13. The molecule has 0 atom stereocenters. The number of rotatable bonds is 8. The number of carbonyl (C=O) groups excluding carboxylic acids is 1. The first-order valence-corrected chi connectivity index (χ1v) is 6.87. The van der Waals surface area contributed by atoms with Crippen molar-refractivity contribution in [2.75, 3.05) is 32.2 Å². The van der Waals surface area contributed by atoms with Gasteiger partial charge >= 0.3 is 0 Å². The lowest BCUT2D eigenvalue weighted by atomic mass is 10.1. The third kappa shape index (κ3) is 3.79. The summed E-state index contributed by atoms with van der Waals surface area (Å²) in [6, 6.07) is 7.69. The molecule has 20 heavy (non-hydrogen) atoms.